The van der Waals surface area contributed by atoms with Crippen molar-refractivity contribution in [2.45, 2.75) is 12.5 Å². The van der Waals surface area contributed by atoms with E-state index in [9.17, 15) is 19.5 Å². The first-order chi connectivity index (χ1) is 12.3. The molecule has 2 aromatic carbocycles. The van der Waals surface area contributed by atoms with E-state index in [0.717, 1.165) is 17.0 Å². The van der Waals surface area contributed by atoms with E-state index in [2.05, 4.69) is 5.32 Å². The number of anilines is 2. The second kappa shape index (κ2) is 6.86. The van der Waals surface area contributed by atoms with E-state index in [0.29, 0.717) is 10.7 Å². The summed E-state index contributed by atoms with van der Waals surface area (Å²) in [7, 11) is 0. The number of rotatable bonds is 4. The summed E-state index contributed by atoms with van der Waals surface area (Å²) >= 11 is 12.0. The van der Waals surface area contributed by atoms with Gasteiger partial charge in [-0.05, 0) is 30.3 Å². The minimum absolute atomic E-state index is 0.0664. The molecular formula is C17H12Cl2N2O5. The standard InChI is InChI=1S/C17H12Cl2N2O5/c18-10-2-1-3-11(15(10)19)20-12-7-14(23)21(16(12)24)8-4-5-13(22)9(6-8)17(25)26/h1-6,12,20,22H,7H2,(H,25,26). The van der Waals surface area contributed by atoms with Crippen molar-refractivity contribution < 1.29 is 24.6 Å². The van der Waals surface area contributed by atoms with Gasteiger partial charge >= 0.3 is 5.97 Å². The smallest absolute Gasteiger partial charge is 0.339 e. The molecular weight excluding hydrogens is 383 g/mol. The molecule has 2 aromatic rings. The van der Waals surface area contributed by atoms with E-state index >= 15 is 0 Å². The average molecular weight is 395 g/mol. The number of carboxylic acids is 1. The Morgan fingerprint density at radius 1 is 1.19 bits per heavy atom. The number of hydrogen-bond acceptors (Lipinski definition) is 5. The maximum Gasteiger partial charge on any atom is 0.339 e. The Hall–Kier alpha value is -2.77. The minimum atomic E-state index is -1.37. The largest absolute Gasteiger partial charge is 0.507 e. The number of nitrogens with zero attached hydrogens (tertiary/aromatic N) is 1. The number of carbonyl (C=O) groups excluding carboxylic acids is 2. The zero-order chi connectivity index (χ0) is 19.0. The summed E-state index contributed by atoms with van der Waals surface area (Å²) in [6, 6.07) is 7.47. The lowest BCUT2D eigenvalue weighted by atomic mass is 10.1. The van der Waals surface area contributed by atoms with Gasteiger partial charge in [-0.2, -0.15) is 0 Å². The molecule has 7 nitrogen and oxygen atoms in total. The van der Waals surface area contributed by atoms with Gasteiger partial charge in [0.2, 0.25) is 5.91 Å². The van der Waals surface area contributed by atoms with E-state index < -0.39 is 35.1 Å². The fourth-order valence-corrected chi connectivity index (χ4v) is 3.01. The first-order valence-electron chi connectivity index (χ1n) is 7.43. The first-order valence-corrected chi connectivity index (χ1v) is 8.19. The second-order valence-corrected chi connectivity index (χ2v) is 6.36. The highest BCUT2D eigenvalue weighted by molar-refractivity contribution is 6.43. The Bertz CT molecular complexity index is 931. The van der Waals surface area contributed by atoms with Crippen LogP contribution in [0.2, 0.25) is 10.0 Å². The van der Waals surface area contributed by atoms with Gasteiger partial charge in [-0.1, -0.05) is 29.3 Å². The SMILES string of the molecule is O=C(O)c1cc(N2C(=O)CC(Nc3cccc(Cl)c3Cl)C2=O)ccc1O. The highest BCUT2D eigenvalue weighted by atomic mass is 35.5. The van der Waals surface area contributed by atoms with Crippen molar-refractivity contribution >= 4 is 52.4 Å². The third-order valence-electron chi connectivity index (χ3n) is 3.90. The number of phenols is 1. The summed E-state index contributed by atoms with van der Waals surface area (Å²) in [6.07, 6.45) is -0.134. The summed E-state index contributed by atoms with van der Waals surface area (Å²) in [5.41, 5.74) is 0.0678. The van der Waals surface area contributed by atoms with Crippen molar-refractivity contribution in [3.8, 4) is 5.75 Å². The van der Waals surface area contributed by atoms with Crippen molar-refractivity contribution in [3.05, 3.63) is 52.0 Å². The Morgan fingerprint density at radius 2 is 1.92 bits per heavy atom. The molecule has 134 valence electrons. The number of hydrogen-bond donors (Lipinski definition) is 3. The van der Waals surface area contributed by atoms with Gasteiger partial charge in [0.15, 0.2) is 0 Å². The Labute approximate surface area is 157 Å². The Morgan fingerprint density at radius 3 is 2.62 bits per heavy atom. The third kappa shape index (κ3) is 3.18. The normalized spacial score (nSPS) is 16.8. The van der Waals surface area contributed by atoms with Crippen LogP contribution < -0.4 is 10.2 Å². The summed E-state index contributed by atoms with van der Waals surface area (Å²) in [4.78, 5) is 37.0. The molecule has 1 saturated heterocycles. The lowest BCUT2D eigenvalue weighted by molar-refractivity contribution is -0.121. The topological polar surface area (TPSA) is 107 Å². The molecule has 1 heterocycles. The molecule has 0 aromatic heterocycles. The molecule has 0 radical (unpaired) electrons. The number of carboxylic acid groups (broad SMARTS) is 1. The first kappa shape index (κ1) is 18.0. The predicted octanol–water partition coefficient (Wildman–Crippen LogP) is 3.14. The van der Waals surface area contributed by atoms with Crippen LogP contribution in [0.5, 0.6) is 5.75 Å². The van der Waals surface area contributed by atoms with Crippen LogP contribution >= 0.6 is 23.2 Å². The van der Waals surface area contributed by atoms with Gasteiger partial charge in [0.05, 0.1) is 27.8 Å². The van der Waals surface area contributed by atoms with Crippen LogP contribution in [0.1, 0.15) is 16.8 Å². The van der Waals surface area contributed by atoms with E-state index in [1.165, 1.54) is 6.07 Å². The van der Waals surface area contributed by atoms with Gasteiger partial charge in [0.25, 0.3) is 5.91 Å². The van der Waals surface area contributed by atoms with Gasteiger partial charge in [-0.3, -0.25) is 9.59 Å². The summed E-state index contributed by atoms with van der Waals surface area (Å²) in [6.45, 7) is 0. The van der Waals surface area contributed by atoms with Gasteiger partial charge < -0.3 is 15.5 Å². The van der Waals surface area contributed by atoms with Crippen molar-refractivity contribution in [1.29, 1.82) is 0 Å². The molecule has 1 aliphatic rings. The molecule has 1 aliphatic heterocycles. The molecule has 1 atom stereocenters. The van der Waals surface area contributed by atoms with Gasteiger partial charge in [-0.15, -0.1) is 0 Å². The van der Waals surface area contributed by atoms with Gasteiger partial charge in [0, 0.05) is 0 Å². The molecule has 0 spiro atoms. The summed E-state index contributed by atoms with van der Waals surface area (Å²) in [5.74, 6) is -2.90. The van der Waals surface area contributed by atoms with E-state index in [-0.39, 0.29) is 17.1 Å². The lowest BCUT2D eigenvalue weighted by Gasteiger charge is -2.17. The number of aromatic carboxylic acids is 1. The predicted molar refractivity (Wildman–Crippen MR) is 96.0 cm³/mol. The highest BCUT2D eigenvalue weighted by Gasteiger charge is 2.40. The van der Waals surface area contributed by atoms with Crippen LogP contribution in [0.25, 0.3) is 0 Å². The molecule has 1 unspecified atom stereocenters. The second-order valence-electron chi connectivity index (χ2n) is 5.58. The fourth-order valence-electron chi connectivity index (χ4n) is 2.65. The van der Waals surface area contributed by atoms with Crippen molar-refractivity contribution in [2.75, 3.05) is 10.2 Å². The fraction of sp³-hybridized carbons (Fsp3) is 0.118. The number of aromatic hydroxyl groups is 1. The van der Waals surface area contributed by atoms with E-state index in [1.807, 2.05) is 0 Å². The number of amides is 2. The van der Waals surface area contributed by atoms with Crippen molar-refractivity contribution in [2.24, 2.45) is 0 Å². The monoisotopic (exact) mass is 394 g/mol. The molecule has 26 heavy (non-hydrogen) atoms. The lowest BCUT2D eigenvalue weighted by Crippen LogP contribution is -2.35. The number of halogens is 2. The quantitative estimate of drug-likeness (QED) is 0.687. The maximum atomic E-state index is 12.6. The van der Waals surface area contributed by atoms with Crippen LogP contribution in [0, 0.1) is 0 Å². The molecule has 0 aliphatic carbocycles. The number of imide groups is 1. The maximum absolute atomic E-state index is 12.6. The van der Waals surface area contributed by atoms with Crippen LogP contribution in [0.4, 0.5) is 11.4 Å². The molecule has 3 N–H and O–H groups in total. The Kier molecular flexibility index (Phi) is 4.76. The van der Waals surface area contributed by atoms with Crippen LogP contribution in [0.3, 0.4) is 0 Å². The van der Waals surface area contributed by atoms with Crippen molar-refractivity contribution in [3.63, 3.8) is 0 Å². The molecule has 9 heteroatoms. The molecule has 1 fully saturated rings. The highest BCUT2D eigenvalue weighted by Crippen LogP contribution is 2.33. The Balaban J connectivity index is 1.89. The zero-order valence-corrected chi connectivity index (χ0v) is 14.6. The summed E-state index contributed by atoms with van der Waals surface area (Å²) in [5, 5.41) is 22.1. The van der Waals surface area contributed by atoms with E-state index in [1.54, 1.807) is 18.2 Å². The number of carbonyl (C=O) groups is 3. The van der Waals surface area contributed by atoms with Gasteiger partial charge in [0.1, 0.15) is 17.4 Å². The van der Waals surface area contributed by atoms with Crippen molar-refractivity contribution in [1.82, 2.24) is 0 Å². The van der Waals surface area contributed by atoms with Crippen LogP contribution in [0.15, 0.2) is 36.4 Å². The molecule has 0 saturated carbocycles. The number of nitrogens with one attached hydrogen (secondary N) is 1. The number of benzene rings is 2. The third-order valence-corrected chi connectivity index (χ3v) is 4.72. The van der Waals surface area contributed by atoms with Crippen LogP contribution in [-0.2, 0) is 9.59 Å². The summed E-state index contributed by atoms with van der Waals surface area (Å²) < 4.78 is 0. The molecule has 0 bridgehead atoms. The zero-order valence-electron chi connectivity index (χ0n) is 13.1. The van der Waals surface area contributed by atoms with Crippen LogP contribution in [-0.4, -0.2) is 34.0 Å². The van der Waals surface area contributed by atoms with Gasteiger partial charge in [-0.25, -0.2) is 9.69 Å². The molecule has 3 rings (SSSR count). The van der Waals surface area contributed by atoms with E-state index in [4.69, 9.17) is 28.3 Å². The minimum Gasteiger partial charge on any atom is -0.507 e. The molecule has 2 amide bonds. The average Bonchev–Trinajstić information content (AvgIpc) is 2.86.